The molecule has 18 heavy (non-hydrogen) atoms. The van der Waals surface area contributed by atoms with E-state index in [9.17, 15) is 4.79 Å². The lowest BCUT2D eigenvalue weighted by Crippen LogP contribution is -2.43. The van der Waals surface area contributed by atoms with E-state index in [1.807, 2.05) is 19.2 Å². The highest BCUT2D eigenvalue weighted by Gasteiger charge is 2.16. The number of hydrogen-bond acceptors (Lipinski definition) is 4. The Bertz CT molecular complexity index is 358. The van der Waals surface area contributed by atoms with Crippen LogP contribution >= 0.6 is 36.2 Å². The quantitative estimate of drug-likeness (QED) is 0.875. The van der Waals surface area contributed by atoms with Crippen molar-refractivity contribution in [2.45, 2.75) is 39.8 Å². The minimum atomic E-state index is -0.440. The molecule has 1 amide bonds. The third-order valence-electron chi connectivity index (χ3n) is 2.37. The number of thiazole rings is 1. The van der Waals surface area contributed by atoms with Gasteiger partial charge in [0.15, 0.2) is 0 Å². The van der Waals surface area contributed by atoms with Gasteiger partial charge in [-0.2, -0.15) is 0 Å². The number of aryl methyl sites for hydroxylation is 1. The molecule has 0 aliphatic heterocycles. The highest BCUT2D eigenvalue weighted by atomic mass is 35.5. The van der Waals surface area contributed by atoms with Crippen LogP contribution in [0.4, 0.5) is 0 Å². The van der Waals surface area contributed by atoms with E-state index in [4.69, 9.17) is 5.73 Å². The Morgan fingerprint density at radius 2 is 2.11 bits per heavy atom. The fourth-order valence-corrected chi connectivity index (χ4v) is 1.94. The third kappa shape index (κ3) is 6.00. The molecule has 0 bridgehead atoms. The predicted octanol–water partition coefficient (Wildman–Crippen LogP) is 2.15. The molecule has 1 aromatic rings. The molecule has 0 saturated carbocycles. The van der Waals surface area contributed by atoms with Gasteiger partial charge in [-0.1, -0.05) is 20.8 Å². The van der Waals surface area contributed by atoms with Gasteiger partial charge in [-0.3, -0.25) is 4.79 Å². The second kappa shape index (κ2) is 9.55. The minimum absolute atomic E-state index is 0. The molecule has 1 atom stereocenters. The zero-order chi connectivity index (χ0) is 12.1. The summed E-state index contributed by atoms with van der Waals surface area (Å²) in [7, 11) is 0. The topological polar surface area (TPSA) is 68.0 Å². The molecule has 0 saturated heterocycles. The Balaban J connectivity index is 0. The molecular weight excluding hydrogens is 293 g/mol. The van der Waals surface area contributed by atoms with Crippen molar-refractivity contribution < 1.29 is 4.79 Å². The average Bonchev–Trinajstić information content (AvgIpc) is 2.72. The van der Waals surface area contributed by atoms with Crippen molar-refractivity contribution in [2.24, 2.45) is 11.7 Å². The summed E-state index contributed by atoms with van der Waals surface area (Å²) >= 11 is 1.62. The maximum absolute atomic E-state index is 11.6. The van der Waals surface area contributed by atoms with E-state index in [0.29, 0.717) is 6.54 Å². The van der Waals surface area contributed by atoms with Crippen LogP contribution in [0.2, 0.25) is 0 Å². The fourth-order valence-electron chi connectivity index (χ4n) is 1.19. The van der Waals surface area contributed by atoms with E-state index in [1.54, 1.807) is 11.3 Å². The summed E-state index contributed by atoms with van der Waals surface area (Å²) in [5, 5.41) is 5.86. The Hall–Kier alpha value is -0.360. The van der Waals surface area contributed by atoms with Gasteiger partial charge in [0.05, 0.1) is 23.3 Å². The second-order valence-electron chi connectivity index (χ2n) is 4.07. The van der Waals surface area contributed by atoms with E-state index in [0.717, 1.165) is 17.1 Å². The molecule has 0 aliphatic carbocycles. The molecule has 106 valence electrons. The van der Waals surface area contributed by atoms with E-state index in [1.165, 1.54) is 0 Å². The Morgan fingerprint density at radius 1 is 1.50 bits per heavy atom. The largest absolute Gasteiger partial charge is 0.349 e. The van der Waals surface area contributed by atoms with E-state index in [-0.39, 0.29) is 36.6 Å². The number of rotatable bonds is 5. The van der Waals surface area contributed by atoms with Crippen molar-refractivity contribution in [3.8, 4) is 0 Å². The van der Waals surface area contributed by atoms with Crippen LogP contribution in [0.25, 0.3) is 0 Å². The number of carbonyl (C=O) groups is 1. The maximum Gasteiger partial charge on any atom is 0.237 e. The summed E-state index contributed by atoms with van der Waals surface area (Å²) in [6, 6.07) is -0.440. The first-order valence-corrected chi connectivity index (χ1v) is 6.39. The molecule has 1 aromatic heterocycles. The number of amides is 1. The molecule has 3 N–H and O–H groups in total. The third-order valence-corrected chi connectivity index (χ3v) is 3.41. The second-order valence-corrected chi connectivity index (χ2v) is 5.02. The maximum atomic E-state index is 11.6. The highest BCUT2D eigenvalue weighted by Crippen LogP contribution is 2.09. The molecule has 0 aromatic carbocycles. The summed E-state index contributed by atoms with van der Waals surface area (Å²) in [6.45, 7) is 6.40. The zero-order valence-electron chi connectivity index (χ0n) is 10.8. The van der Waals surface area contributed by atoms with Crippen molar-refractivity contribution in [1.82, 2.24) is 10.3 Å². The molecule has 7 heteroatoms. The molecule has 1 unspecified atom stereocenters. The first-order valence-electron chi connectivity index (χ1n) is 5.51. The summed E-state index contributed by atoms with van der Waals surface area (Å²) in [6.07, 6.45) is 0.935. The Morgan fingerprint density at radius 3 is 2.56 bits per heavy atom. The number of nitrogens with two attached hydrogens (primary N) is 1. The molecular formula is C11H21Cl2N3OS. The van der Waals surface area contributed by atoms with E-state index < -0.39 is 6.04 Å². The summed E-state index contributed by atoms with van der Waals surface area (Å²) in [4.78, 5) is 15.9. The van der Waals surface area contributed by atoms with Gasteiger partial charge in [0.1, 0.15) is 0 Å². The van der Waals surface area contributed by atoms with E-state index >= 15 is 0 Å². The van der Waals surface area contributed by atoms with Crippen LogP contribution in [0.5, 0.6) is 0 Å². The number of hydrogen-bond donors (Lipinski definition) is 2. The Kier molecular flexibility index (Phi) is 10.6. The van der Waals surface area contributed by atoms with Crippen LogP contribution in [-0.4, -0.2) is 16.9 Å². The van der Waals surface area contributed by atoms with Crippen LogP contribution in [0.3, 0.4) is 0 Å². The fraction of sp³-hybridized carbons (Fsp3) is 0.636. The first-order chi connectivity index (χ1) is 7.54. The van der Waals surface area contributed by atoms with Gasteiger partial charge >= 0.3 is 0 Å². The van der Waals surface area contributed by atoms with Crippen LogP contribution in [0.1, 0.15) is 31.5 Å². The molecule has 0 fully saturated rings. The van der Waals surface area contributed by atoms with Gasteiger partial charge in [-0.15, -0.1) is 36.2 Å². The lowest BCUT2D eigenvalue weighted by Gasteiger charge is -2.14. The Labute approximate surface area is 125 Å². The van der Waals surface area contributed by atoms with Crippen LogP contribution < -0.4 is 11.1 Å². The van der Waals surface area contributed by atoms with E-state index in [2.05, 4.69) is 17.2 Å². The molecule has 0 aliphatic rings. The highest BCUT2D eigenvalue weighted by molar-refractivity contribution is 7.09. The van der Waals surface area contributed by atoms with Gasteiger partial charge < -0.3 is 11.1 Å². The molecule has 1 rings (SSSR count). The van der Waals surface area contributed by atoms with Gasteiger partial charge in [0.2, 0.25) is 5.91 Å². The smallest absolute Gasteiger partial charge is 0.237 e. The molecule has 0 radical (unpaired) electrons. The van der Waals surface area contributed by atoms with Crippen molar-refractivity contribution in [3.05, 3.63) is 16.1 Å². The average molecular weight is 314 g/mol. The van der Waals surface area contributed by atoms with Crippen molar-refractivity contribution in [2.75, 3.05) is 0 Å². The number of aromatic nitrogens is 1. The molecule has 0 spiro atoms. The lowest BCUT2D eigenvalue weighted by atomic mass is 10.1. The number of nitrogens with zero attached hydrogens (tertiary/aromatic N) is 1. The van der Waals surface area contributed by atoms with Gasteiger partial charge in [0, 0.05) is 5.38 Å². The monoisotopic (exact) mass is 313 g/mol. The van der Waals surface area contributed by atoms with Crippen LogP contribution in [0.15, 0.2) is 5.38 Å². The lowest BCUT2D eigenvalue weighted by molar-refractivity contribution is -0.123. The SMILES string of the molecule is CCc1nc(CNC(=O)C(N)C(C)C)cs1.Cl.Cl. The van der Waals surface area contributed by atoms with Gasteiger partial charge in [-0.25, -0.2) is 4.98 Å². The number of nitrogens with one attached hydrogen (secondary N) is 1. The standard InChI is InChI=1S/C11H19N3OS.2ClH/c1-4-9-14-8(6-16-9)5-13-11(15)10(12)7(2)3;;/h6-7,10H,4-5,12H2,1-3H3,(H,13,15);2*1H. The first kappa shape index (κ1) is 20.0. The van der Waals surface area contributed by atoms with Gasteiger partial charge in [0.25, 0.3) is 0 Å². The van der Waals surface area contributed by atoms with Crippen LogP contribution in [-0.2, 0) is 17.8 Å². The summed E-state index contributed by atoms with van der Waals surface area (Å²) in [5.41, 5.74) is 6.63. The molecule has 1 heterocycles. The minimum Gasteiger partial charge on any atom is -0.349 e. The van der Waals surface area contributed by atoms with Crippen molar-refractivity contribution in [3.63, 3.8) is 0 Å². The normalized spacial score (nSPS) is 11.4. The van der Waals surface area contributed by atoms with Crippen molar-refractivity contribution in [1.29, 1.82) is 0 Å². The number of carbonyl (C=O) groups excluding carboxylic acids is 1. The zero-order valence-corrected chi connectivity index (χ0v) is 13.3. The van der Waals surface area contributed by atoms with Gasteiger partial charge in [-0.05, 0) is 12.3 Å². The van der Waals surface area contributed by atoms with Crippen molar-refractivity contribution >= 4 is 42.1 Å². The summed E-state index contributed by atoms with van der Waals surface area (Å²) in [5.74, 6) is 0.0442. The summed E-state index contributed by atoms with van der Waals surface area (Å²) < 4.78 is 0. The number of halogens is 2. The predicted molar refractivity (Wildman–Crippen MR) is 80.6 cm³/mol. The molecule has 4 nitrogen and oxygen atoms in total. The van der Waals surface area contributed by atoms with Crippen LogP contribution in [0, 0.1) is 5.92 Å².